The van der Waals surface area contributed by atoms with Crippen LogP contribution in [0.3, 0.4) is 0 Å². The number of nitrogens with zero attached hydrogens (tertiary/aromatic N) is 2. The van der Waals surface area contributed by atoms with E-state index in [1.165, 1.54) is 33.0 Å². The highest BCUT2D eigenvalue weighted by Crippen LogP contribution is 2.47. The van der Waals surface area contributed by atoms with Crippen LogP contribution in [0, 0.1) is 0 Å². The van der Waals surface area contributed by atoms with E-state index >= 15 is 0 Å². The Hall–Kier alpha value is -4.12. The van der Waals surface area contributed by atoms with E-state index in [1.54, 1.807) is 31.9 Å². The Balaban J connectivity index is 1.68. The summed E-state index contributed by atoms with van der Waals surface area (Å²) < 4.78 is 16.2. The van der Waals surface area contributed by atoms with Crippen molar-refractivity contribution < 1.29 is 43.0 Å². The number of carbonyl (C=O) groups excluding carboxylic acids is 6. The maximum Gasteiger partial charge on any atom is 0.333 e. The Morgan fingerprint density at radius 2 is 1.41 bits per heavy atom. The Bertz CT molecular complexity index is 1500. The molecule has 0 aromatic carbocycles. The van der Waals surface area contributed by atoms with Crippen molar-refractivity contribution in [3.63, 3.8) is 0 Å². The third-order valence-corrected chi connectivity index (χ3v) is 8.97. The fourth-order valence-electron chi connectivity index (χ4n) is 6.77. The number of fused-ring (bicyclic) bond motifs is 5. The second kappa shape index (κ2) is 10.1. The number of rotatable bonds is 5. The minimum Gasteiger partial charge on any atom is -0.492 e. The number of amides is 1. The van der Waals surface area contributed by atoms with Gasteiger partial charge in [0.25, 0.3) is 0 Å². The molecule has 2 bridgehead atoms. The predicted octanol–water partition coefficient (Wildman–Crippen LogP) is 1.29. The number of methoxy groups -OCH3 is 2. The number of esters is 1. The van der Waals surface area contributed by atoms with Crippen LogP contribution >= 0.6 is 0 Å². The van der Waals surface area contributed by atoms with Crippen molar-refractivity contribution in [2.75, 3.05) is 27.9 Å². The molecule has 4 atom stereocenters. The summed E-state index contributed by atoms with van der Waals surface area (Å²) in [5, 5.41) is 0. The summed E-state index contributed by atoms with van der Waals surface area (Å²) in [7, 11) is 4.32. The van der Waals surface area contributed by atoms with E-state index in [0.717, 1.165) is 0 Å². The van der Waals surface area contributed by atoms with Crippen LogP contribution in [0.4, 0.5) is 0 Å². The fourth-order valence-corrected chi connectivity index (χ4v) is 6.77. The molecule has 1 saturated heterocycles. The smallest absolute Gasteiger partial charge is 0.333 e. The van der Waals surface area contributed by atoms with E-state index in [-0.39, 0.29) is 76.1 Å². The summed E-state index contributed by atoms with van der Waals surface area (Å²) >= 11 is 0. The van der Waals surface area contributed by atoms with E-state index in [1.807, 2.05) is 0 Å². The SMILES string of the molecule is C/C=C(/C)C(=O)OC[C@@H]1C2=C(C[C@@H]3[C@H]4C5=C(C[C@@H](C(=O)N13)N4C)C(=O)C(C)=C(OC)C5=O)C(=O)C(C)=C(OC)C2=O. The highest BCUT2D eigenvalue weighted by atomic mass is 16.5. The number of ketones is 4. The summed E-state index contributed by atoms with van der Waals surface area (Å²) in [4.78, 5) is 84.5. The molecule has 11 nitrogen and oxygen atoms in total. The minimum absolute atomic E-state index is 0.00536. The Morgan fingerprint density at radius 1 is 0.878 bits per heavy atom. The summed E-state index contributed by atoms with van der Waals surface area (Å²) in [6, 6.07) is -3.48. The van der Waals surface area contributed by atoms with Crippen LogP contribution in [0.1, 0.15) is 40.5 Å². The topological polar surface area (TPSA) is 137 Å². The first-order valence-electron chi connectivity index (χ1n) is 13.4. The van der Waals surface area contributed by atoms with Crippen molar-refractivity contribution in [2.24, 2.45) is 0 Å². The number of carbonyl (C=O) groups is 6. The minimum atomic E-state index is -1.10. The van der Waals surface area contributed by atoms with Crippen LogP contribution < -0.4 is 0 Å². The third-order valence-electron chi connectivity index (χ3n) is 8.97. The fraction of sp³-hybridized carbons (Fsp3) is 0.467. The standard InChI is InChI=1S/C30H32N2O9/c1-8-12(2)30(38)41-11-19-20-15(23(33)13(3)27(39-6)25(20)35)9-17-22-21-16(10-18(31(22)5)29(37)32(17)19)24(34)14(4)28(40-7)26(21)36/h8,17-19,22H,9-11H2,1-7H3/b12-8-/t17-,18+,19-,22+/m1/s1. The van der Waals surface area contributed by atoms with Crippen molar-refractivity contribution >= 4 is 35.0 Å². The first kappa shape index (κ1) is 28.4. The maximum absolute atomic E-state index is 14.2. The maximum atomic E-state index is 14.2. The largest absolute Gasteiger partial charge is 0.492 e. The van der Waals surface area contributed by atoms with E-state index in [0.29, 0.717) is 5.57 Å². The molecule has 41 heavy (non-hydrogen) atoms. The number of Topliss-reactive ketones (excluding diaryl/α,β-unsaturated/α-hetero) is 4. The molecule has 0 aromatic heterocycles. The van der Waals surface area contributed by atoms with Gasteiger partial charge in [0.2, 0.25) is 17.5 Å². The molecule has 1 amide bonds. The average molecular weight is 565 g/mol. The molecule has 1 fully saturated rings. The first-order valence-corrected chi connectivity index (χ1v) is 13.4. The van der Waals surface area contributed by atoms with Gasteiger partial charge < -0.3 is 19.1 Å². The van der Waals surface area contributed by atoms with Gasteiger partial charge in [-0.2, -0.15) is 0 Å². The van der Waals surface area contributed by atoms with Crippen molar-refractivity contribution in [1.82, 2.24) is 9.80 Å². The molecule has 0 unspecified atom stereocenters. The third kappa shape index (κ3) is 3.89. The summed E-state index contributed by atoms with van der Waals surface area (Å²) in [5.41, 5.74) is 1.37. The van der Waals surface area contributed by atoms with E-state index in [4.69, 9.17) is 14.2 Å². The quantitative estimate of drug-likeness (QED) is 0.273. The predicted molar refractivity (Wildman–Crippen MR) is 143 cm³/mol. The van der Waals surface area contributed by atoms with Gasteiger partial charge in [-0.15, -0.1) is 0 Å². The normalized spacial score (nSPS) is 28.7. The molecule has 0 spiro atoms. The van der Waals surface area contributed by atoms with Crippen LogP contribution in [0.2, 0.25) is 0 Å². The molecule has 5 rings (SSSR count). The monoisotopic (exact) mass is 564 g/mol. The van der Waals surface area contributed by atoms with Crippen LogP contribution in [-0.4, -0.2) is 96.9 Å². The zero-order valence-corrected chi connectivity index (χ0v) is 24.1. The highest BCUT2D eigenvalue weighted by molar-refractivity contribution is 6.27. The Morgan fingerprint density at radius 3 is 1.95 bits per heavy atom. The number of ether oxygens (including phenoxy) is 3. The van der Waals surface area contributed by atoms with Gasteiger partial charge >= 0.3 is 5.97 Å². The molecule has 0 saturated carbocycles. The highest BCUT2D eigenvalue weighted by Gasteiger charge is 2.59. The lowest BCUT2D eigenvalue weighted by Gasteiger charge is -2.57. The van der Waals surface area contributed by atoms with Crippen LogP contribution in [0.15, 0.2) is 56.6 Å². The number of hydrogen-bond acceptors (Lipinski definition) is 10. The van der Waals surface area contributed by atoms with E-state index < -0.39 is 47.5 Å². The second-order valence-corrected chi connectivity index (χ2v) is 10.9. The molecule has 0 aromatic rings. The van der Waals surface area contributed by atoms with Gasteiger partial charge in [0, 0.05) is 45.4 Å². The molecule has 2 aliphatic carbocycles. The Kier molecular flexibility index (Phi) is 6.97. The van der Waals surface area contributed by atoms with Gasteiger partial charge in [-0.1, -0.05) is 6.08 Å². The zero-order valence-electron chi connectivity index (χ0n) is 24.1. The molecule has 3 heterocycles. The van der Waals surface area contributed by atoms with E-state index in [2.05, 4.69) is 0 Å². The molecule has 216 valence electrons. The summed E-state index contributed by atoms with van der Waals surface area (Å²) in [6.45, 7) is 5.89. The van der Waals surface area contributed by atoms with Gasteiger partial charge in [-0.05, 0) is 41.2 Å². The van der Waals surface area contributed by atoms with Crippen LogP contribution in [0.5, 0.6) is 0 Å². The number of hydrogen-bond donors (Lipinski definition) is 0. The van der Waals surface area contributed by atoms with Gasteiger partial charge in [0.15, 0.2) is 23.1 Å². The average Bonchev–Trinajstić information content (AvgIpc) is 2.95. The van der Waals surface area contributed by atoms with Gasteiger partial charge in [0.05, 0.1) is 38.4 Å². The lowest BCUT2D eigenvalue weighted by molar-refractivity contribution is -0.159. The first-order chi connectivity index (χ1) is 19.4. The van der Waals surface area contributed by atoms with Crippen molar-refractivity contribution in [3.8, 4) is 0 Å². The summed E-state index contributed by atoms with van der Waals surface area (Å²) in [5.74, 6) is -2.97. The molecule has 3 aliphatic heterocycles. The number of piperazine rings is 1. The van der Waals surface area contributed by atoms with Crippen molar-refractivity contribution in [1.29, 1.82) is 0 Å². The van der Waals surface area contributed by atoms with Gasteiger partial charge in [0.1, 0.15) is 6.61 Å². The lowest BCUT2D eigenvalue weighted by atomic mass is 9.69. The molecule has 11 heteroatoms. The Labute approximate surface area is 237 Å². The zero-order chi connectivity index (χ0) is 30.1. The molecule has 5 aliphatic rings. The van der Waals surface area contributed by atoms with Crippen molar-refractivity contribution in [3.05, 3.63) is 56.6 Å². The molecule has 0 N–H and O–H groups in total. The van der Waals surface area contributed by atoms with E-state index in [9.17, 15) is 28.8 Å². The lowest BCUT2D eigenvalue weighted by Crippen LogP contribution is -2.73. The number of allylic oxidation sites excluding steroid dienone is 5. The van der Waals surface area contributed by atoms with Gasteiger partial charge in [-0.3, -0.25) is 28.9 Å². The number of likely N-dealkylation sites (N-methyl/N-ethyl adjacent to an activating group) is 1. The second-order valence-electron chi connectivity index (χ2n) is 10.9. The van der Waals surface area contributed by atoms with Crippen LogP contribution in [0.25, 0.3) is 0 Å². The molecular weight excluding hydrogens is 532 g/mol. The van der Waals surface area contributed by atoms with Crippen molar-refractivity contribution in [2.45, 2.75) is 64.7 Å². The van der Waals surface area contributed by atoms with Gasteiger partial charge in [-0.25, -0.2) is 4.79 Å². The summed E-state index contributed by atoms with van der Waals surface area (Å²) in [6.07, 6.45) is 1.53. The molecule has 0 radical (unpaired) electrons. The molecular formula is C30H32N2O9. The van der Waals surface area contributed by atoms with Crippen LogP contribution in [-0.2, 0) is 43.0 Å².